The van der Waals surface area contributed by atoms with Crippen molar-refractivity contribution in [2.45, 2.75) is 69.7 Å². The van der Waals surface area contributed by atoms with Crippen LogP contribution >= 0.6 is 7.75 Å². The summed E-state index contributed by atoms with van der Waals surface area (Å²) in [4.78, 5) is 43.1. The number of nitrogens with zero attached hydrogens (tertiary/aromatic N) is 5. The summed E-state index contributed by atoms with van der Waals surface area (Å²) >= 11 is 0. The lowest BCUT2D eigenvalue weighted by molar-refractivity contribution is -0.166. The van der Waals surface area contributed by atoms with Crippen LogP contribution in [0, 0.1) is 17.2 Å². The second kappa shape index (κ2) is 16.7. The molecule has 1 unspecified atom stereocenters. The van der Waals surface area contributed by atoms with Gasteiger partial charge in [-0.25, -0.2) is 14.1 Å². The Labute approximate surface area is 307 Å². The molecule has 2 aliphatic heterocycles. The van der Waals surface area contributed by atoms with E-state index in [4.69, 9.17) is 33.7 Å². The minimum absolute atomic E-state index is 0.0435. The first-order valence-corrected chi connectivity index (χ1v) is 18.3. The van der Waals surface area contributed by atoms with Crippen molar-refractivity contribution in [3.05, 3.63) is 54.5 Å². The number of aromatic nitrogens is 3. The number of nitrogen functional groups attached to an aromatic ring is 1. The van der Waals surface area contributed by atoms with Gasteiger partial charge in [-0.05, 0) is 63.0 Å². The molecule has 2 aliphatic rings. The van der Waals surface area contributed by atoms with E-state index in [0.717, 1.165) is 13.8 Å². The smallest absolute Gasteiger partial charge is 0.459 e. The number of nitrogens with two attached hydrogens (primary N) is 1. The number of nitrogens with one attached hydrogen (secondary N) is 1. The Balaban J connectivity index is 1.37. The molecule has 0 spiro atoms. The fraction of sp³-hybridized carbons (Fsp3) is 0.515. The molecule has 0 bridgehead atoms. The predicted octanol–water partition coefficient (Wildman–Crippen LogP) is 3.51. The second-order valence-corrected chi connectivity index (χ2v) is 14.5. The number of fused-ring (bicyclic) bond motifs is 1. The van der Waals surface area contributed by atoms with Gasteiger partial charge in [0.15, 0.2) is 18.0 Å². The average Bonchev–Trinajstić information content (AvgIpc) is 3.66. The maximum Gasteiger partial charge on any atom is 0.459 e. The molecule has 2 saturated heterocycles. The largest absolute Gasteiger partial charge is 0.464 e. The van der Waals surface area contributed by atoms with Gasteiger partial charge in [0.05, 0.1) is 18.8 Å². The first-order valence-electron chi connectivity index (χ1n) is 16.8. The van der Waals surface area contributed by atoms with Gasteiger partial charge >= 0.3 is 31.8 Å². The molecule has 0 radical (unpaired) electrons. The quantitative estimate of drug-likeness (QED) is 0.136. The zero-order valence-electron chi connectivity index (χ0n) is 29.4. The number of anilines is 1. The van der Waals surface area contributed by atoms with Crippen LogP contribution in [-0.2, 0) is 42.4 Å². The number of benzene rings is 1. The SMILES string of the molecule is CC(=O)O[C@H]1[C@H](c2ccc3c(N)ncnn23)O[C@](C#N)(COP(=O)(N[C@@H](C)C(=O)OCC2CCN(CC(F)(F)F)CC2)Oc2ccccc2)[C@H]1OC(C)=O. The summed E-state index contributed by atoms with van der Waals surface area (Å²) < 4.78 is 88.4. The van der Waals surface area contributed by atoms with Crippen LogP contribution in [0.1, 0.15) is 45.4 Å². The molecular formula is C33H39F3N7O10P. The van der Waals surface area contributed by atoms with Crippen molar-refractivity contribution in [2.75, 3.05) is 38.6 Å². The molecule has 0 aliphatic carbocycles. The summed E-state index contributed by atoms with van der Waals surface area (Å²) in [7, 11) is -4.66. The first-order chi connectivity index (χ1) is 25.5. The number of ether oxygens (including phenoxy) is 4. The van der Waals surface area contributed by atoms with E-state index in [-0.39, 0.29) is 42.9 Å². The van der Waals surface area contributed by atoms with E-state index in [2.05, 4.69) is 15.2 Å². The summed E-state index contributed by atoms with van der Waals surface area (Å²) in [6, 6.07) is 11.4. The van der Waals surface area contributed by atoms with Crippen LogP contribution in [0.15, 0.2) is 48.8 Å². The fourth-order valence-electron chi connectivity index (χ4n) is 6.17. The third-order valence-corrected chi connectivity index (χ3v) is 10.3. The maximum atomic E-state index is 14.4. The summed E-state index contributed by atoms with van der Waals surface area (Å²) in [6.45, 7) is 1.82. The fourth-order valence-corrected chi connectivity index (χ4v) is 7.69. The number of esters is 3. The van der Waals surface area contributed by atoms with Gasteiger partial charge in [-0.1, -0.05) is 18.2 Å². The van der Waals surface area contributed by atoms with E-state index in [0.29, 0.717) is 18.4 Å². The minimum Gasteiger partial charge on any atom is -0.464 e. The molecule has 3 aromatic rings. The number of nitriles is 1. The van der Waals surface area contributed by atoms with Gasteiger partial charge in [0.2, 0.25) is 5.60 Å². The van der Waals surface area contributed by atoms with Crippen molar-refractivity contribution in [3.8, 4) is 11.8 Å². The van der Waals surface area contributed by atoms with E-state index in [9.17, 15) is 37.4 Å². The molecule has 4 heterocycles. The number of hydrogen-bond acceptors (Lipinski definition) is 15. The van der Waals surface area contributed by atoms with Crippen LogP contribution in [0.3, 0.4) is 0 Å². The van der Waals surface area contributed by atoms with Gasteiger partial charge in [0.25, 0.3) is 0 Å². The highest BCUT2D eigenvalue weighted by Crippen LogP contribution is 2.50. The Hall–Kier alpha value is -4.80. The van der Waals surface area contributed by atoms with Crippen molar-refractivity contribution >= 4 is 37.0 Å². The normalized spacial score (nSPS) is 23.9. The number of carbonyl (C=O) groups is 3. The van der Waals surface area contributed by atoms with Gasteiger partial charge in [0, 0.05) is 13.8 Å². The molecule has 6 atom stereocenters. The highest BCUT2D eigenvalue weighted by atomic mass is 31.2. The maximum absolute atomic E-state index is 14.4. The van der Waals surface area contributed by atoms with Crippen molar-refractivity contribution in [1.29, 1.82) is 5.26 Å². The Kier molecular flexibility index (Phi) is 12.5. The van der Waals surface area contributed by atoms with Gasteiger partial charge in [-0.2, -0.15) is 28.6 Å². The molecule has 292 valence electrons. The van der Waals surface area contributed by atoms with E-state index in [1.807, 2.05) is 6.07 Å². The van der Waals surface area contributed by atoms with Crippen molar-refractivity contribution in [3.63, 3.8) is 0 Å². The Morgan fingerprint density at radius 3 is 2.44 bits per heavy atom. The summed E-state index contributed by atoms with van der Waals surface area (Å²) in [5.74, 6) is -2.60. The molecule has 3 N–H and O–H groups in total. The second-order valence-electron chi connectivity index (χ2n) is 12.8. The van der Waals surface area contributed by atoms with Crippen LogP contribution < -0.4 is 15.3 Å². The molecule has 1 aromatic carbocycles. The number of alkyl halides is 3. The van der Waals surface area contributed by atoms with Crippen molar-refractivity contribution in [1.82, 2.24) is 24.6 Å². The minimum atomic E-state index is -4.66. The molecular weight excluding hydrogens is 742 g/mol. The van der Waals surface area contributed by atoms with Crippen LogP contribution in [0.25, 0.3) is 5.52 Å². The number of piperidine rings is 1. The van der Waals surface area contributed by atoms with Crippen LogP contribution in [0.2, 0.25) is 0 Å². The molecule has 0 saturated carbocycles. The summed E-state index contributed by atoms with van der Waals surface area (Å²) in [5, 5.41) is 17.3. The summed E-state index contributed by atoms with van der Waals surface area (Å²) in [5.41, 5.74) is 4.27. The number of para-hydroxylation sites is 1. The molecule has 17 nitrogen and oxygen atoms in total. The number of likely N-dealkylation sites (tertiary alicyclic amines) is 1. The first kappa shape index (κ1) is 40.4. The Morgan fingerprint density at radius 2 is 1.81 bits per heavy atom. The summed E-state index contributed by atoms with van der Waals surface area (Å²) in [6.07, 6.45) is -6.84. The highest BCUT2D eigenvalue weighted by molar-refractivity contribution is 7.52. The van der Waals surface area contributed by atoms with E-state index < -0.39 is 74.9 Å². The number of carbonyl (C=O) groups excluding carboxylic acids is 3. The molecule has 54 heavy (non-hydrogen) atoms. The zero-order chi connectivity index (χ0) is 39.3. The molecule has 2 aromatic heterocycles. The standard InChI is InChI=1S/C33H39F3N7O10P/c1-20(31(46)48-15-23-11-13-42(14-12-23)17-33(34,35)36)41-54(47,53-24-7-5-4-6-8-24)49-18-32(16-37)29(51-22(3)45)28(50-21(2)44)27(52-32)25-9-10-26-30(38)39-19-40-43(25)26/h4-10,19-20,23,27-29H,11-15,17-18H2,1-3H3,(H,41,47)(H2,38,39,40)/t20-,27-,28-,29-,32+,54?/m0/s1. The monoisotopic (exact) mass is 781 g/mol. The Morgan fingerprint density at radius 1 is 1.13 bits per heavy atom. The number of rotatable bonds is 14. The molecule has 5 rings (SSSR count). The van der Waals surface area contributed by atoms with Gasteiger partial charge in [-0.3, -0.25) is 23.8 Å². The average molecular weight is 782 g/mol. The number of halogens is 3. The van der Waals surface area contributed by atoms with Crippen LogP contribution in [0.4, 0.5) is 19.0 Å². The van der Waals surface area contributed by atoms with E-state index in [1.165, 1.54) is 40.9 Å². The zero-order valence-corrected chi connectivity index (χ0v) is 30.3. The van der Waals surface area contributed by atoms with Crippen LogP contribution in [-0.4, -0.2) is 100 Å². The Bertz CT molecular complexity index is 1900. The van der Waals surface area contributed by atoms with E-state index >= 15 is 0 Å². The number of hydrogen-bond donors (Lipinski definition) is 2. The van der Waals surface area contributed by atoms with E-state index in [1.54, 1.807) is 24.3 Å². The predicted molar refractivity (Wildman–Crippen MR) is 180 cm³/mol. The third kappa shape index (κ3) is 9.84. The van der Waals surface area contributed by atoms with Crippen molar-refractivity contribution < 1.29 is 60.1 Å². The lowest BCUT2D eigenvalue weighted by Crippen LogP contribution is -2.49. The van der Waals surface area contributed by atoms with Crippen LogP contribution in [0.5, 0.6) is 5.75 Å². The molecule has 0 amide bonds. The van der Waals surface area contributed by atoms with Gasteiger partial charge in [0.1, 0.15) is 42.4 Å². The highest BCUT2D eigenvalue weighted by Gasteiger charge is 2.62. The lowest BCUT2D eigenvalue weighted by atomic mass is 9.95. The van der Waals surface area contributed by atoms with Gasteiger partial charge < -0.3 is 29.2 Å². The van der Waals surface area contributed by atoms with Gasteiger partial charge in [-0.15, -0.1) is 0 Å². The lowest BCUT2D eigenvalue weighted by Gasteiger charge is -2.32. The molecule has 21 heteroatoms. The van der Waals surface area contributed by atoms with Crippen molar-refractivity contribution in [2.24, 2.45) is 5.92 Å². The molecule has 2 fully saturated rings. The topological polar surface area (TPSA) is 219 Å². The third-order valence-electron chi connectivity index (χ3n) is 8.67.